The number of methoxy groups -OCH3 is 3. The monoisotopic (exact) mass is 433 g/mol. The Morgan fingerprint density at radius 2 is 1.83 bits per heavy atom. The first-order chi connectivity index (χ1) is 14.4. The summed E-state index contributed by atoms with van der Waals surface area (Å²) in [5.74, 6) is 0.718. The Hall–Kier alpha value is -3.79. The molecule has 11 heteroatoms. The van der Waals surface area contributed by atoms with Crippen LogP contribution in [-0.4, -0.2) is 42.6 Å². The molecule has 0 radical (unpaired) electrons. The Kier molecular flexibility index (Phi) is 6.07. The van der Waals surface area contributed by atoms with Crippen molar-refractivity contribution in [2.24, 2.45) is 4.99 Å². The number of non-ortho nitro benzene ring substituents is 1. The molecule has 156 valence electrons. The number of aromatic hydroxyl groups is 1. The number of aromatic nitrogens is 1. The molecule has 0 atom stereocenters. The van der Waals surface area contributed by atoms with E-state index in [1.54, 1.807) is 12.1 Å². The number of hydrogen-bond donors (Lipinski definition) is 1. The molecule has 30 heavy (non-hydrogen) atoms. The topological polar surface area (TPSA) is 129 Å². The number of nitro benzene ring substituents is 1. The van der Waals surface area contributed by atoms with Crippen molar-refractivity contribution in [3.8, 4) is 34.6 Å². The average Bonchev–Trinajstić information content (AvgIpc) is 3.12. The normalized spacial score (nSPS) is 10.9. The highest BCUT2D eigenvalue weighted by Crippen LogP contribution is 2.41. The number of halogens is 1. The Morgan fingerprint density at radius 3 is 2.40 bits per heavy atom. The molecule has 3 rings (SSSR count). The number of hydrogen-bond acceptors (Lipinski definition) is 9. The summed E-state index contributed by atoms with van der Waals surface area (Å²) in [4.78, 5) is 18.6. The molecule has 0 amide bonds. The van der Waals surface area contributed by atoms with E-state index in [9.17, 15) is 15.2 Å². The molecular formula is C19H16ClN3O7. The zero-order chi connectivity index (χ0) is 21.8. The van der Waals surface area contributed by atoms with Crippen LogP contribution in [0.25, 0.3) is 11.5 Å². The molecule has 0 aliphatic rings. The van der Waals surface area contributed by atoms with Gasteiger partial charge in [0.05, 0.1) is 43.2 Å². The highest BCUT2D eigenvalue weighted by molar-refractivity contribution is 6.33. The zero-order valence-electron chi connectivity index (χ0n) is 16.1. The Balaban J connectivity index is 1.98. The standard InChI is InChI=1S/C19H16ClN3O7/c1-27-15-6-10(7-16(28-2)17(15)29-3)18-22-14(19(24)30-18)9-21-13-8-11(23(25)26)4-5-12(13)20/h4-9,24H,1-3H3. The van der Waals surface area contributed by atoms with Crippen LogP contribution in [0.1, 0.15) is 5.69 Å². The number of oxazole rings is 1. The second kappa shape index (κ2) is 8.70. The van der Waals surface area contributed by atoms with Crippen LogP contribution in [0.2, 0.25) is 5.02 Å². The predicted molar refractivity (Wildman–Crippen MR) is 109 cm³/mol. The average molecular weight is 434 g/mol. The third-order valence-electron chi connectivity index (χ3n) is 4.01. The maximum absolute atomic E-state index is 10.9. The summed E-state index contributed by atoms with van der Waals surface area (Å²) in [5.41, 5.74) is 0.422. The first-order valence-corrected chi connectivity index (χ1v) is 8.74. The summed E-state index contributed by atoms with van der Waals surface area (Å²) < 4.78 is 21.2. The Morgan fingerprint density at radius 1 is 1.17 bits per heavy atom. The summed E-state index contributed by atoms with van der Waals surface area (Å²) >= 11 is 6.02. The Labute approximate surface area is 175 Å². The van der Waals surface area contributed by atoms with Crippen molar-refractivity contribution in [1.82, 2.24) is 4.98 Å². The van der Waals surface area contributed by atoms with Gasteiger partial charge in [-0.25, -0.2) is 4.98 Å². The molecule has 0 saturated carbocycles. The molecular weight excluding hydrogens is 418 g/mol. The van der Waals surface area contributed by atoms with Gasteiger partial charge in [0.2, 0.25) is 11.6 Å². The first-order valence-electron chi connectivity index (χ1n) is 8.36. The van der Waals surface area contributed by atoms with Crippen LogP contribution in [0.15, 0.2) is 39.7 Å². The van der Waals surface area contributed by atoms with Crippen LogP contribution in [0.4, 0.5) is 11.4 Å². The molecule has 3 aromatic rings. The van der Waals surface area contributed by atoms with Gasteiger partial charge in [0.25, 0.3) is 5.69 Å². The van der Waals surface area contributed by atoms with E-state index in [1.165, 1.54) is 45.7 Å². The van der Waals surface area contributed by atoms with E-state index in [2.05, 4.69) is 9.98 Å². The molecule has 0 unspecified atom stereocenters. The van der Waals surface area contributed by atoms with Gasteiger partial charge in [-0.05, 0) is 18.2 Å². The fourth-order valence-corrected chi connectivity index (χ4v) is 2.75. The molecule has 1 heterocycles. The van der Waals surface area contributed by atoms with Crippen LogP contribution in [0, 0.1) is 10.1 Å². The van der Waals surface area contributed by atoms with Gasteiger partial charge in [0.15, 0.2) is 17.2 Å². The number of rotatable bonds is 7. The van der Waals surface area contributed by atoms with Gasteiger partial charge in [-0.3, -0.25) is 15.1 Å². The van der Waals surface area contributed by atoms with E-state index >= 15 is 0 Å². The lowest BCUT2D eigenvalue weighted by Gasteiger charge is -2.12. The van der Waals surface area contributed by atoms with E-state index in [1.807, 2.05) is 0 Å². The van der Waals surface area contributed by atoms with Crippen molar-refractivity contribution in [3.63, 3.8) is 0 Å². The number of nitrogens with zero attached hydrogens (tertiary/aromatic N) is 3. The van der Waals surface area contributed by atoms with E-state index in [0.717, 1.165) is 0 Å². The van der Waals surface area contributed by atoms with Crippen molar-refractivity contribution in [1.29, 1.82) is 0 Å². The van der Waals surface area contributed by atoms with E-state index in [0.29, 0.717) is 22.8 Å². The summed E-state index contributed by atoms with van der Waals surface area (Å²) in [5, 5.41) is 21.2. The van der Waals surface area contributed by atoms with Crippen LogP contribution in [-0.2, 0) is 0 Å². The predicted octanol–water partition coefficient (Wildman–Crippen LogP) is 4.39. The largest absolute Gasteiger partial charge is 0.493 e. The minimum absolute atomic E-state index is 0.00123. The van der Waals surface area contributed by atoms with Gasteiger partial charge < -0.3 is 23.7 Å². The maximum Gasteiger partial charge on any atom is 0.312 e. The zero-order valence-corrected chi connectivity index (χ0v) is 16.8. The van der Waals surface area contributed by atoms with Crippen LogP contribution < -0.4 is 14.2 Å². The lowest BCUT2D eigenvalue weighted by molar-refractivity contribution is -0.384. The van der Waals surface area contributed by atoms with E-state index in [4.69, 9.17) is 30.2 Å². The summed E-state index contributed by atoms with van der Waals surface area (Å²) in [6.07, 6.45) is 1.19. The van der Waals surface area contributed by atoms with E-state index < -0.39 is 10.9 Å². The highest BCUT2D eigenvalue weighted by atomic mass is 35.5. The first kappa shape index (κ1) is 20.9. The molecule has 0 fully saturated rings. The van der Waals surface area contributed by atoms with Crippen molar-refractivity contribution in [2.45, 2.75) is 0 Å². The molecule has 2 aromatic carbocycles. The summed E-state index contributed by atoms with van der Waals surface area (Å²) in [6.45, 7) is 0. The van der Waals surface area contributed by atoms with Gasteiger partial charge >= 0.3 is 5.95 Å². The fourth-order valence-electron chi connectivity index (χ4n) is 2.58. The molecule has 0 saturated heterocycles. The van der Waals surface area contributed by atoms with Gasteiger partial charge in [0, 0.05) is 17.7 Å². The quantitative estimate of drug-likeness (QED) is 0.330. The lowest BCUT2D eigenvalue weighted by atomic mass is 10.2. The van der Waals surface area contributed by atoms with Gasteiger partial charge in [-0.2, -0.15) is 0 Å². The molecule has 0 spiro atoms. The number of nitro groups is 1. The second-order valence-electron chi connectivity index (χ2n) is 5.77. The third-order valence-corrected chi connectivity index (χ3v) is 4.33. The van der Waals surface area contributed by atoms with Crippen molar-refractivity contribution in [2.75, 3.05) is 21.3 Å². The van der Waals surface area contributed by atoms with Crippen molar-refractivity contribution >= 4 is 29.2 Å². The van der Waals surface area contributed by atoms with Gasteiger partial charge in [-0.15, -0.1) is 0 Å². The molecule has 1 aromatic heterocycles. The van der Waals surface area contributed by atoms with E-state index in [-0.39, 0.29) is 28.0 Å². The van der Waals surface area contributed by atoms with Crippen LogP contribution >= 0.6 is 11.6 Å². The van der Waals surface area contributed by atoms with Crippen molar-refractivity contribution < 1.29 is 28.7 Å². The number of ether oxygens (including phenoxy) is 3. The van der Waals surface area contributed by atoms with Crippen LogP contribution in [0.5, 0.6) is 23.2 Å². The minimum Gasteiger partial charge on any atom is -0.493 e. The number of aliphatic imine (C=N–C) groups is 1. The molecule has 0 aliphatic carbocycles. The summed E-state index contributed by atoms with van der Waals surface area (Å²) in [6, 6.07) is 7.03. The SMILES string of the molecule is COc1cc(-c2nc(C=Nc3cc([N+](=O)[O-])ccc3Cl)c(O)o2)cc(OC)c1OC. The van der Waals surface area contributed by atoms with Crippen LogP contribution in [0.3, 0.4) is 0 Å². The maximum atomic E-state index is 10.9. The molecule has 1 N–H and O–H groups in total. The fraction of sp³-hybridized carbons (Fsp3) is 0.158. The van der Waals surface area contributed by atoms with Crippen molar-refractivity contribution in [3.05, 3.63) is 51.2 Å². The smallest absolute Gasteiger partial charge is 0.312 e. The minimum atomic E-state index is -0.564. The molecule has 10 nitrogen and oxygen atoms in total. The Bertz CT molecular complexity index is 1100. The molecule has 0 bridgehead atoms. The lowest BCUT2D eigenvalue weighted by Crippen LogP contribution is -1.95. The van der Waals surface area contributed by atoms with Gasteiger partial charge in [0.1, 0.15) is 0 Å². The third kappa shape index (κ3) is 4.13. The summed E-state index contributed by atoms with van der Waals surface area (Å²) in [7, 11) is 4.41. The second-order valence-corrected chi connectivity index (χ2v) is 6.18. The molecule has 0 aliphatic heterocycles. The number of benzene rings is 2. The highest BCUT2D eigenvalue weighted by Gasteiger charge is 2.19. The van der Waals surface area contributed by atoms with Gasteiger partial charge in [-0.1, -0.05) is 11.6 Å².